The van der Waals surface area contributed by atoms with Crippen LogP contribution in [0.4, 0.5) is 0 Å². The van der Waals surface area contributed by atoms with Crippen LogP contribution < -0.4 is 110 Å². The Bertz CT molecular complexity index is 4210. The van der Waals surface area contributed by atoms with Gasteiger partial charge in [0.2, 0.25) is 94.5 Å². The third kappa shape index (κ3) is 32.4. The molecule has 4 aromatic rings. The molecule has 16 amide bonds. The molecule has 1 saturated heterocycles. The van der Waals surface area contributed by atoms with Crippen molar-refractivity contribution < 1.29 is 86.9 Å². The summed E-state index contributed by atoms with van der Waals surface area (Å²) in [5, 5.41) is 48.2. The Kier molecular flexibility index (Phi) is 38.0. The Morgan fingerprint density at radius 3 is 1.42 bits per heavy atom. The molecule has 0 aliphatic carbocycles. The summed E-state index contributed by atoms with van der Waals surface area (Å²) in [6.45, 7) is 5.47. The van der Waals surface area contributed by atoms with E-state index >= 15 is 0 Å². The van der Waals surface area contributed by atoms with Crippen LogP contribution in [0.3, 0.4) is 0 Å². The average molecular weight is 1640 g/mol. The van der Waals surface area contributed by atoms with Crippen LogP contribution in [-0.2, 0) is 96.0 Å². The molecule has 0 radical (unpaired) electrons. The van der Waals surface area contributed by atoms with Gasteiger partial charge in [-0.2, -0.15) is 0 Å². The number of aromatic nitrogens is 1. The van der Waals surface area contributed by atoms with Crippen molar-refractivity contribution in [1.82, 2.24) is 68.4 Å². The summed E-state index contributed by atoms with van der Waals surface area (Å²) in [5.41, 5.74) is 52.0. The molecule has 0 unspecified atom stereocenters. The van der Waals surface area contributed by atoms with E-state index < -0.39 is 212 Å². The van der Waals surface area contributed by atoms with E-state index in [1.54, 1.807) is 68.4 Å². The van der Waals surface area contributed by atoms with E-state index in [9.17, 15) is 86.9 Å². The van der Waals surface area contributed by atoms with Crippen molar-refractivity contribution in [2.45, 2.75) is 190 Å². The minimum absolute atomic E-state index is 0.00774. The highest BCUT2D eigenvalue weighted by molar-refractivity contribution is 6.02. The standard InChI is InChI=1S/C75H110N24O18/c1-38(2)27-45(76)73(117)99-26-12-19-57(99)72(116)97-55(34-60(79)104)69(113)93-51(30-41-20-22-43(101)23-21-41)66(110)95-53(32-58(77)102)68(112)94-52(31-42-35-87-46-16-9-8-15-44(42)46)67(111)96-54(33-59(78)103)70(114)98-56(37-100)71(115)92-50(29-40-13-6-5-7-14-40)63(107)88-36-61(105)89-49(28-39(3)4)65(109)91-48(18-11-25-86-75(83)84)64(108)90-47(62(80)106)17-10-24-85-74(81)82/h5-9,13-16,20-23,35,38-39,45,47-57,87,100-101H,10-12,17-19,24-34,36-37,76H2,1-4H3,(H2,77,102)(H2,78,103)(H2,79,104)(H2,80,106)(H,88,107)(H,89,105)(H,90,108)(H,91,109)(H,92,115)(H,93,113)(H,94,112)(H,95,110)(H,96,111)(H,97,116)(H,98,114)(H4,81,82,85)(H4,83,84,86)/t45-,47-,48-,49-,50-,51-,52-,53-,54-,55-,56-,57-/m0/s1. The number of nitrogens with zero attached hydrogens (tertiary/aromatic N) is 3. The molecule has 0 saturated carbocycles. The molecule has 2 heterocycles. The van der Waals surface area contributed by atoms with Gasteiger partial charge in [0, 0.05) is 56.0 Å². The zero-order chi connectivity index (χ0) is 86.8. The number of hydrogen-bond acceptors (Lipinski definition) is 21. The number of primary amides is 4. The fraction of sp³-hybridized carbons (Fsp3) is 0.493. The van der Waals surface area contributed by atoms with Gasteiger partial charge >= 0.3 is 0 Å². The predicted molar refractivity (Wildman–Crippen MR) is 425 cm³/mol. The van der Waals surface area contributed by atoms with Crippen molar-refractivity contribution in [2.24, 2.45) is 73.4 Å². The number of carbonyl (C=O) groups excluding carboxylic acids is 16. The lowest BCUT2D eigenvalue weighted by Crippen LogP contribution is -2.62. The van der Waals surface area contributed by atoms with Gasteiger partial charge in [-0.1, -0.05) is 88.4 Å². The molecule has 1 aliphatic rings. The lowest BCUT2D eigenvalue weighted by atomic mass is 10.0. The second-order valence-electron chi connectivity index (χ2n) is 29.1. The Hall–Kier alpha value is -13.0. The number of phenols is 1. The molecule has 1 aliphatic heterocycles. The highest BCUT2D eigenvalue weighted by atomic mass is 16.3. The van der Waals surface area contributed by atoms with Gasteiger partial charge in [-0.15, -0.1) is 0 Å². The highest BCUT2D eigenvalue weighted by Crippen LogP contribution is 2.23. The molecule has 0 bridgehead atoms. The maximum Gasteiger partial charge on any atom is 0.245 e. The molecule has 42 heteroatoms. The van der Waals surface area contributed by atoms with Gasteiger partial charge in [-0.25, -0.2) is 0 Å². The topological polar surface area (TPSA) is 724 Å². The number of aliphatic hydroxyl groups is 1. The summed E-state index contributed by atoms with van der Waals surface area (Å²) in [7, 11) is 0. The first-order valence-corrected chi connectivity index (χ1v) is 37.9. The largest absolute Gasteiger partial charge is 0.508 e. The number of likely N-dealkylation sites (tertiary alicyclic amines) is 1. The van der Waals surface area contributed by atoms with Crippen LogP contribution in [0.5, 0.6) is 5.75 Å². The molecule has 5 rings (SSSR count). The molecular weight excluding hydrogens is 1520 g/mol. The maximum atomic E-state index is 14.9. The number of nitrogens with two attached hydrogens (primary N) is 9. The quantitative estimate of drug-likeness (QED) is 0.0111. The van der Waals surface area contributed by atoms with Crippen LogP contribution in [0, 0.1) is 11.8 Å². The predicted octanol–water partition coefficient (Wildman–Crippen LogP) is -7.51. The number of H-pyrrole nitrogens is 1. The number of para-hydroxylation sites is 1. The Balaban J connectivity index is 1.37. The van der Waals surface area contributed by atoms with Crippen LogP contribution in [0.1, 0.15) is 115 Å². The van der Waals surface area contributed by atoms with Gasteiger partial charge < -0.3 is 130 Å². The average Bonchev–Trinajstić information content (AvgIpc) is 1.69. The van der Waals surface area contributed by atoms with Gasteiger partial charge in [0.25, 0.3) is 0 Å². The Labute approximate surface area is 673 Å². The molecule has 117 heavy (non-hydrogen) atoms. The number of aromatic amines is 1. The van der Waals surface area contributed by atoms with Gasteiger partial charge in [0.1, 0.15) is 72.2 Å². The van der Waals surface area contributed by atoms with Crippen molar-refractivity contribution in [2.75, 3.05) is 32.8 Å². The van der Waals surface area contributed by atoms with Gasteiger partial charge in [0.15, 0.2) is 11.9 Å². The zero-order valence-corrected chi connectivity index (χ0v) is 65.6. The number of fused-ring (bicyclic) bond motifs is 1. The lowest BCUT2D eigenvalue weighted by Gasteiger charge is -2.29. The first kappa shape index (κ1) is 94.6. The summed E-state index contributed by atoms with van der Waals surface area (Å²) < 4.78 is 0. The molecular formula is C75H110N24O18. The van der Waals surface area contributed by atoms with Crippen LogP contribution in [-0.4, -0.2) is 232 Å². The van der Waals surface area contributed by atoms with Crippen LogP contribution in [0.25, 0.3) is 10.9 Å². The van der Waals surface area contributed by atoms with Gasteiger partial charge in [-0.3, -0.25) is 86.7 Å². The van der Waals surface area contributed by atoms with E-state index in [0.29, 0.717) is 34.9 Å². The minimum atomic E-state index is -2.03. The fourth-order valence-electron chi connectivity index (χ4n) is 12.7. The number of aromatic hydroxyl groups is 1. The molecule has 638 valence electrons. The molecule has 1 fully saturated rings. The zero-order valence-electron chi connectivity index (χ0n) is 65.6. The summed E-state index contributed by atoms with van der Waals surface area (Å²) in [5.74, 6) is -17.6. The van der Waals surface area contributed by atoms with Crippen molar-refractivity contribution in [1.29, 1.82) is 0 Å². The SMILES string of the molecule is CC(C)C[C@H](NC(=O)CNC(=O)[C@H](Cc1ccccc1)NC(=O)[C@H](CO)NC(=O)[C@H](CC(N)=O)NC(=O)[C@H](Cc1c[nH]c2ccccc12)NC(=O)[C@H](CC(N)=O)NC(=O)[C@H](Cc1ccc(O)cc1)NC(=O)[C@H](CC(N)=O)NC(=O)[C@@H]1CCCN1C(=O)[C@@H](N)CC(C)C)C(=O)N[C@@H](CCCN=C(N)N)C(=O)N[C@@H](CCCN=C(N)N)C(N)=O. The fourth-order valence-corrected chi connectivity index (χ4v) is 12.7. The summed E-state index contributed by atoms with van der Waals surface area (Å²) >= 11 is 0. The van der Waals surface area contributed by atoms with E-state index in [-0.39, 0.29) is 99.6 Å². The maximum absolute atomic E-state index is 14.9. The highest BCUT2D eigenvalue weighted by Gasteiger charge is 2.41. The second kappa shape index (κ2) is 47.0. The number of amides is 16. The first-order chi connectivity index (χ1) is 55.3. The molecule has 3 aromatic carbocycles. The number of carbonyl (C=O) groups is 16. The smallest absolute Gasteiger partial charge is 0.245 e. The van der Waals surface area contributed by atoms with Crippen molar-refractivity contribution in [3.63, 3.8) is 0 Å². The van der Waals surface area contributed by atoms with Crippen LogP contribution in [0.2, 0.25) is 0 Å². The number of rotatable bonds is 49. The molecule has 1 aromatic heterocycles. The first-order valence-electron chi connectivity index (χ1n) is 37.9. The van der Waals surface area contributed by atoms with E-state index in [0.717, 1.165) is 0 Å². The Morgan fingerprint density at radius 2 is 0.906 bits per heavy atom. The van der Waals surface area contributed by atoms with E-state index in [4.69, 9.17) is 51.6 Å². The normalized spacial score (nSPS) is 15.2. The van der Waals surface area contributed by atoms with Crippen molar-refractivity contribution in [3.8, 4) is 5.75 Å². The van der Waals surface area contributed by atoms with E-state index in [1.807, 2.05) is 13.8 Å². The number of guanidine groups is 2. The minimum Gasteiger partial charge on any atom is -0.508 e. The number of benzene rings is 3. The van der Waals surface area contributed by atoms with E-state index in [1.165, 1.54) is 35.4 Å². The van der Waals surface area contributed by atoms with Crippen LogP contribution in [0.15, 0.2) is 95.0 Å². The monoisotopic (exact) mass is 1630 g/mol. The summed E-state index contributed by atoms with van der Waals surface area (Å²) in [6.07, 6.45) is -1.33. The van der Waals surface area contributed by atoms with Crippen molar-refractivity contribution in [3.05, 3.63) is 102 Å². The number of phenolic OH excluding ortho intramolecular Hbond substituents is 1. The number of aliphatic hydroxyl groups excluding tert-OH is 1. The Morgan fingerprint density at radius 1 is 0.479 bits per heavy atom. The lowest BCUT2D eigenvalue weighted by molar-refractivity contribution is -0.141. The van der Waals surface area contributed by atoms with Crippen LogP contribution >= 0.6 is 0 Å². The third-order valence-electron chi connectivity index (χ3n) is 18.4. The van der Waals surface area contributed by atoms with Gasteiger partial charge in [0.05, 0.1) is 38.5 Å². The summed E-state index contributed by atoms with van der Waals surface area (Å²) in [4.78, 5) is 233. The number of nitrogens with one attached hydrogen (secondary N) is 12. The molecule has 0 spiro atoms. The third-order valence-corrected chi connectivity index (χ3v) is 18.4. The molecule has 32 N–H and O–H groups in total. The van der Waals surface area contributed by atoms with Crippen molar-refractivity contribution >= 4 is 117 Å². The van der Waals surface area contributed by atoms with Gasteiger partial charge in [-0.05, 0) is 98.1 Å². The number of hydrogen-bond donors (Lipinski definition) is 23. The summed E-state index contributed by atoms with van der Waals surface area (Å²) in [6, 6.07) is 1.08. The van der Waals surface area contributed by atoms with E-state index in [2.05, 4.69) is 73.5 Å². The molecule has 12 atom stereocenters. The second-order valence-corrected chi connectivity index (χ2v) is 29.1. The number of aliphatic imine (C=N–C) groups is 2. The molecule has 42 nitrogen and oxygen atoms in total.